The lowest BCUT2D eigenvalue weighted by Crippen LogP contribution is -2.38. The molecule has 0 aliphatic rings. The summed E-state index contributed by atoms with van der Waals surface area (Å²) in [6.07, 6.45) is -2.07. The smallest absolute Gasteiger partial charge is 0.406 e. The van der Waals surface area contributed by atoms with Gasteiger partial charge in [0, 0.05) is 32.8 Å². The first-order valence-corrected chi connectivity index (χ1v) is 8.89. The number of ether oxygens (including phenoxy) is 2. The summed E-state index contributed by atoms with van der Waals surface area (Å²) in [5.41, 5.74) is 0.916. The maximum atomic E-state index is 12.1. The summed E-state index contributed by atoms with van der Waals surface area (Å²) in [5, 5.41) is 6.39. The van der Waals surface area contributed by atoms with Gasteiger partial charge in [0.2, 0.25) is 0 Å². The van der Waals surface area contributed by atoms with Gasteiger partial charge in [-0.2, -0.15) is 0 Å². The van der Waals surface area contributed by atoms with Crippen LogP contribution in [0.15, 0.2) is 29.3 Å². The lowest BCUT2D eigenvalue weighted by molar-refractivity contribution is -0.274. The molecule has 0 unspecified atom stereocenters. The van der Waals surface area contributed by atoms with Gasteiger partial charge in [-0.1, -0.05) is 12.1 Å². The van der Waals surface area contributed by atoms with Gasteiger partial charge in [0.15, 0.2) is 5.96 Å². The summed E-state index contributed by atoms with van der Waals surface area (Å²) >= 11 is 0. The Labute approximate surface area is 176 Å². The minimum atomic E-state index is -4.66. The fraction of sp³-hybridized carbons (Fsp3) is 0.611. The molecule has 1 aromatic rings. The standard InChI is InChI=1S/C18H28F3N3O2.HI/c1-3-22-17(23-12-5-6-14-25-4-2)24-13-11-15-7-9-16(10-8-15)26-18(19,20)21;/h7-10H,3-6,11-14H2,1-2H3,(H2,22,23,24);1H. The van der Waals surface area contributed by atoms with E-state index in [1.54, 1.807) is 12.1 Å². The molecule has 0 radical (unpaired) electrons. The van der Waals surface area contributed by atoms with Crippen molar-refractivity contribution in [3.8, 4) is 5.75 Å². The number of aliphatic imine (C=N–C) groups is 1. The van der Waals surface area contributed by atoms with Gasteiger partial charge in [-0.15, -0.1) is 37.1 Å². The van der Waals surface area contributed by atoms with Gasteiger partial charge in [0.05, 0.1) is 0 Å². The number of unbranched alkanes of at least 4 members (excludes halogenated alkanes) is 1. The van der Waals surface area contributed by atoms with Crippen molar-refractivity contribution in [3.05, 3.63) is 29.8 Å². The third kappa shape index (κ3) is 13.6. The predicted octanol–water partition coefficient (Wildman–Crippen LogP) is 4.12. The summed E-state index contributed by atoms with van der Waals surface area (Å²) in [5.74, 6) is 0.525. The topological polar surface area (TPSA) is 54.9 Å². The molecule has 9 heteroatoms. The van der Waals surface area contributed by atoms with Gasteiger partial charge in [-0.05, 0) is 50.8 Å². The van der Waals surface area contributed by atoms with E-state index in [1.807, 2.05) is 13.8 Å². The lowest BCUT2D eigenvalue weighted by atomic mass is 10.1. The highest BCUT2D eigenvalue weighted by Crippen LogP contribution is 2.22. The number of nitrogens with one attached hydrogen (secondary N) is 2. The minimum absolute atomic E-state index is 0. The number of benzene rings is 1. The Balaban J connectivity index is 0.00000676. The van der Waals surface area contributed by atoms with E-state index in [2.05, 4.69) is 20.4 Å². The van der Waals surface area contributed by atoms with Crippen LogP contribution in [0.3, 0.4) is 0 Å². The molecule has 0 aromatic heterocycles. The Hall–Kier alpha value is -1.23. The molecule has 1 rings (SSSR count). The van der Waals surface area contributed by atoms with Crippen molar-refractivity contribution in [1.29, 1.82) is 0 Å². The summed E-state index contributed by atoms with van der Waals surface area (Å²) in [6, 6.07) is 5.89. The van der Waals surface area contributed by atoms with Crippen LogP contribution in [0.4, 0.5) is 13.2 Å². The van der Waals surface area contributed by atoms with E-state index < -0.39 is 6.36 Å². The van der Waals surface area contributed by atoms with Crippen molar-refractivity contribution >= 4 is 29.9 Å². The molecule has 1 aromatic carbocycles. The Kier molecular flexibility index (Phi) is 14.1. The van der Waals surface area contributed by atoms with Crippen molar-refractivity contribution in [3.63, 3.8) is 0 Å². The number of alkyl halides is 3. The second-order valence-corrected chi connectivity index (χ2v) is 5.53. The Morgan fingerprint density at radius 1 is 1.07 bits per heavy atom. The van der Waals surface area contributed by atoms with E-state index in [4.69, 9.17) is 4.74 Å². The molecule has 0 aliphatic carbocycles. The summed E-state index contributed by atoms with van der Waals surface area (Å²) < 4.78 is 45.5. The Bertz CT molecular complexity index is 526. The summed E-state index contributed by atoms with van der Waals surface area (Å²) in [6.45, 7) is 7.55. The maximum absolute atomic E-state index is 12.1. The molecular weight excluding hydrogens is 474 g/mol. The van der Waals surface area contributed by atoms with Gasteiger partial charge in [-0.25, -0.2) is 0 Å². The number of rotatable bonds is 11. The van der Waals surface area contributed by atoms with E-state index in [0.29, 0.717) is 19.5 Å². The number of guanidine groups is 1. The van der Waals surface area contributed by atoms with Crippen molar-refractivity contribution in [2.24, 2.45) is 4.99 Å². The average Bonchev–Trinajstić information content (AvgIpc) is 2.58. The van der Waals surface area contributed by atoms with E-state index in [0.717, 1.165) is 44.1 Å². The largest absolute Gasteiger partial charge is 0.573 e. The molecule has 0 saturated heterocycles. The maximum Gasteiger partial charge on any atom is 0.573 e. The molecule has 0 heterocycles. The SMILES string of the molecule is CCNC(=NCCCCOCC)NCCc1ccc(OC(F)(F)F)cc1.I. The second-order valence-electron chi connectivity index (χ2n) is 5.53. The lowest BCUT2D eigenvalue weighted by Gasteiger charge is -2.12. The van der Waals surface area contributed by atoms with E-state index in [-0.39, 0.29) is 29.7 Å². The van der Waals surface area contributed by atoms with Crippen LogP contribution in [-0.2, 0) is 11.2 Å². The van der Waals surface area contributed by atoms with Gasteiger partial charge >= 0.3 is 6.36 Å². The number of hydrogen-bond acceptors (Lipinski definition) is 3. The van der Waals surface area contributed by atoms with Crippen molar-refractivity contribution in [2.75, 3.05) is 32.8 Å². The van der Waals surface area contributed by atoms with Gasteiger partial charge in [-0.3, -0.25) is 4.99 Å². The van der Waals surface area contributed by atoms with Gasteiger partial charge < -0.3 is 20.1 Å². The fourth-order valence-corrected chi connectivity index (χ4v) is 2.18. The molecule has 5 nitrogen and oxygen atoms in total. The predicted molar refractivity (Wildman–Crippen MR) is 112 cm³/mol. The van der Waals surface area contributed by atoms with E-state index >= 15 is 0 Å². The average molecular weight is 503 g/mol. The Morgan fingerprint density at radius 3 is 2.37 bits per heavy atom. The molecular formula is C18H29F3IN3O2. The monoisotopic (exact) mass is 503 g/mol. The molecule has 0 saturated carbocycles. The van der Waals surface area contributed by atoms with Crippen LogP contribution >= 0.6 is 24.0 Å². The number of nitrogens with zero attached hydrogens (tertiary/aromatic N) is 1. The third-order valence-corrected chi connectivity index (χ3v) is 3.38. The number of hydrogen-bond donors (Lipinski definition) is 2. The molecule has 2 N–H and O–H groups in total. The van der Waals surface area contributed by atoms with Crippen LogP contribution in [0.25, 0.3) is 0 Å². The first kappa shape index (κ1) is 25.8. The first-order chi connectivity index (χ1) is 12.4. The zero-order valence-electron chi connectivity index (χ0n) is 15.8. The molecule has 0 bridgehead atoms. The van der Waals surface area contributed by atoms with Crippen molar-refractivity contribution < 1.29 is 22.6 Å². The van der Waals surface area contributed by atoms with Crippen molar-refractivity contribution in [1.82, 2.24) is 10.6 Å². The van der Waals surface area contributed by atoms with Crippen LogP contribution in [0.1, 0.15) is 32.3 Å². The Morgan fingerprint density at radius 2 is 1.78 bits per heavy atom. The van der Waals surface area contributed by atoms with Crippen LogP contribution in [0.5, 0.6) is 5.75 Å². The molecule has 27 heavy (non-hydrogen) atoms. The van der Waals surface area contributed by atoms with Gasteiger partial charge in [0.25, 0.3) is 0 Å². The normalized spacial score (nSPS) is 11.7. The summed E-state index contributed by atoms with van der Waals surface area (Å²) in [4.78, 5) is 4.49. The molecule has 0 amide bonds. The quantitative estimate of drug-likeness (QED) is 0.207. The van der Waals surface area contributed by atoms with E-state index in [9.17, 15) is 13.2 Å². The minimum Gasteiger partial charge on any atom is -0.406 e. The zero-order valence-corrected chi connectivity index (χ0v) is 18.1. The van der Waals surface area contributed by atoms with Crippen molar-refractivity contribution in [2.45, 2.75) is 39.5 Å². The highest BCUT2D eigenvalue weighted by Gasteiger charge is 2.30. The zero-order chi connectivity index (χ0) is 19.3. The van der Waals surface area contributed by atoms with E-state index in [1.165, 1.54) is 12.1 Å². The van der Waals surface area contributed by atoms with Crippen LogP contribution in [-0.4, -0.2) is 45.2 Å². The molecule has 0 fully saturated rings. The van der Waals surface area contributed by atoms with Gasteiger partial charge in [0.1, 0.15) is 5.75 Å². The molecule has 156 valence electrons. The van der Waals surface area contributed by atoms with Crippen LogP contribution in [0, 0.1) is 0 Å². The van der Waals surface area contributed by atoms with Crippen LogP contribution in [0.2, 0.25) is 0 Å². The third-order valence-electron chi connectivity index (χ3n) is 3.38. The molecule has 0 spiro atoms. The molecule has 0 aliphatic heterocycles. The second kappa shape index (κ2) is 14.8. The first-order valence-electron chi connectivity index (χ1n) is 8.89. The molecule has 0 atom stereocenters. The number of halogens is 4. The summed E-state index contributed by atoms with van der Waals surface area (Å²) in [7, 11) is 0. The fourth-order valence-electron chi connectivity index (χ4n) is 2.18. The highest BCUT2D eigenvalue weighted by molar-refractivity contribution is 14.0. The van der Waals surface area contributed by atoms with Crippen LogP contribution < -0.4 is 15.4 Å². The highest BCUT2D eigenvalue weighted by atomic mass is 127.